The summed E-state index contributed by atoms with van der Waals surface area (Å²) in [6, 6.07) is 0. The molecule has 242 valence electrons. The smallest absolute Gasteiger partial charge is 0.312 e. The zero-order valence-electron chi connectivity index (χ0n) is 27.2. The first-order chi connectivity index (χ1) is 19.7. The molecule has 0 amide bonds. The van der Waals surface area contributed by atoms with Gasteiger partial charge in [-0.15, -0.1) is 0 Å². The van der Waals surface area contributed by atoms with Crippen LogP contribution in [-0.4, -0.2) is 63.9 Å². The lowest BCUT2D eigenvalue weighted by molar-refractivity contribution is -0.935. The Labute approximate surface area is 252 Å². The molecule has 0 aromatic heterocycles. The van der Waals surface area contributed by atoms with Gasteiger partial charge in [0.25, 0.3) is 0 Å². The van der Waals surface area contributed by atoms with Gasteiger partial charge in [-0.2, -0.15) is 0 Å². The topological polar surface area (TPSA) is 112 Å². The van der Waals surface area contributed by atoms with Gasteiger partial charge in [-0.3, -0.25) is 14.4 Å². The van der Waals surface area contributed by atoms with Crippen molar-refractivity contribution in [1.82, 2.24) is 0 Å². The third-order valence-corrected chi connectivity index (χ3v) is 9.09. The average molecular weight is 585 g/mol. The van der Waals surface area contributed by atoms with Crippen molar-refractivity contribution in [2.75, 3.05) is 26.2 Å². The summed E-state index contributed by atoms with van der Waals surface area (Å²) in [4.78, 5) is 35.9. The Morgan fingerprint density at radius 2 is 0.683 bits per heavy atom. The van der Waals surface area contributed by atoms with E-state index < -0.39 is 35.7 Å². The van der Waals surface area contributed by atoms with Gasteiger partial charge in [0.2, 0.25) is 0 Å². The van der Waals surface area contributed by atoms with E-state index in [4.69, 9.17) is 0 Å². The molecule has 3 atom stereocenters. The molecule has 3 unspecified atom stereocenters. The molecule has 7 nitrogen and oxygen atoms in total. The molecule has 0 spiro atoms. The second-order valence-corrected chi connectivity index (χ2v) is 12.6. The van der Waals surface area contributed by atoms with E-state index in [9.17, 15) is 29.7 Å². The highest BCUT2D eigenvalue weighted by Gasteiger charge is 2.40. The Balaban J connectivity index is 4.72. The van der Waals surface area contributed by atoms with Crippen LogP contribution in [0.15, 0.2) is 0 Å². The van der Waals surface area contributed by atoms with E-state index in [1.54, 1.807) is 0 Å². The van der Waals surface area contributed by atoms with Gasteiger partial charge in [0.05, 0.1) is 26.2 Å². The van der Waals surface area contributed by atoms with Crippen molar-refractivity contribution in [1.29, 1.82) is 0 Å². The largest absolute Gasteiger partial charge is 0.481 e. The van der Waals surface area contributed by atoms with E-state index in [2.05, 4.69) is 6.92 Å². The Hall–Kier alpha value is -1.63. The Morgan fingerprint density at radius 3 is 0.902 bits per heavy atom. The van der Waals surface area contributed by atoms with E-state index in [1.807, 2.05) is 20.8 Å². The van der Waals surface area contributed by atoms with Crippen molar-refractivity contribution < 1.29 is 34.2 Å². The number of carboxylic acid groups (broad SMARTS) is 3. The van der Waals surface area contributed by atoms with Crippen molar-refractivity contribution in [2.24, 2.45) is 17.8 Å². The third kappa shape index (κ3) is 19.2. The number of aliphatic carboxylic acids is 3. The minimum absolute atomic E-state index is 0.263. The molecule has 7 heteroatoms. The fourth-order valence-electron chi connectivity index (χ4n) is 6.22. The van der Waals surface area contributed by atoms with Gasteiger partial charge < -0.3 is 19.8 Å². The number of unbranched alkanes of at least 4 members (excludes halogenated alkanes) is 16. The van der Waals surface area contributed by atoms with Crippen molar-refractivity contribution in [3.63, 3.8) is 0 Å². The normalized spacial score (nSPS) is 15.2. The van der Waals surface area contributed by atoms with Crippen LogP contribution in [0.2, 0.25) is 0 Å². The number of quaternary nitrogens is 1. The molecule has 0 rings (SSSR count). The summed E-state index contributed by atoms with van der Waals surface area (Å²) >= 11 is 0. The van der Waals surface area contributed by atoms with E-state index >= 15 is 0 Å². The summed E-state index contributed by atoms with van der Waals surface area (Å²) in [5, 5.41) is 29.4. The van der Waals surface area contributed by atoms with Gasteiger partial charge in [0, 0.05) is 0 Å². The average Bonchev–Trinajstić information content (AvgIpc) is 2.94. The molecule has 3 N–H and O–H groups in total. The first kappa shape index (κ1) is 39.4. The molecule has 0 bridgehead atoms. The molecule has 0 saturated heterocycles. The highest BCUT2D eigenvalue weighted by molar-refractivity contribution is 5.71. The van der Waals surface area contributed by atoms with Crippen LogP contribution < -0.4 is 0 Å². The number of hydrogen-bond acceptors (Lipinski definition) is 3. The van der Waals surface area contributed by atoms with Crippen molar-refractivity contribution >= 4 is 17.9 Å². The maximum atomic E-state index is 12.0. The first-order valence-electron chi connectivity index (χ1n) is 17.2. The van der Waals surface area contributed by atoms with Gasteiger partial charge >= 0.3 is 17.9 Å². The molecule has 0 aliphatic rings. The summed E-state index contributed by atoms with van der Waals surface area (Å²) < 4.78 is 0.263. The third-order valence-electron chi connectivity index (χ3n) is 9.09. The van der Waals surface area contributed by atoms with Gasteiger partial charge in [-0.1, -0.05) is 124 Å². The fraction of sp³-hybridized carbons (Fsp3) is 0.912. The van der Waals surface area contributed by atoms with Crippen LogP contribution in [0.4, 0.5) is 0 Å². The number of rotatable bonds is 30. The van der Waals surface area contributed by atoms with E-state index in [-0.39, 0.29) is 24.1 Å². The van der Waals surface area contributed by atoms with Crippen LogP contribution in [-0.2, 0) is 14.4 Å². The quantitative estimate of drug-likeness (QED) is 0.0574. The Kier molecular flexibility index (Phi) is 23.9. The summed E-state index contributed by atoms with van der Waals surface area (Å²) in [5.74, 6) is -4.49. The standard InChI is InChI=1S/C34H65NO6/c1-5-9-10-11-12-13-14-15-16-17-18-19-20-21-22-23-24-25-35(26-29(6-2)32(36)37,27-30(7-3)33(38)39)28-31(8-4)34(40)41/h29-31H,5-28H2,1-4H3,(H2-,36,37,38,39,40,41)/p+1. The van der Waals surface area contributed by atoms with E-state index in [0.29, 0.717) is 25.8 Å². The number of nitrogens with zero attached hydrogens (tertiary/aromatic N) is 1. The Morgan fingerprint density at radius 1 is 0.439 bits per heavy atom. The number of carboxylic acids is 3. The van der Waals surface area contributed by atoms with Crippen molar-refractivity contribution in [2.45, 2.75) is 156 Å². The zero-order chi connectivity index (χ0) is 30.9. The first-order valence-corrected chi connectivity index (χ1v) is 17.2. The van der Waals surface area contributed by atoms with E-state index in [1.165, 1.54) is 89.9 Å². The summed E-state index contributed by atoms with van der Waals surface area (Å²) in [6.45, 7) is 9.29. The highest BCUT2D eigenvalue weighted by atomic mass is 16.4. The number of hydrogen-bond donors (Lipinski definition) is 3. The van der Waals surface area contributed by atoms with E-state index in [0.717, 1.165) is 19.3 Å². The van der Waals surface area contributed by atoms with Crippen molar-refractivity contribution in [3.05, 3.63) is 0 Å². The monoisotopic (exact) mass is 584 g/mol. The van der Waals surface area contributed by atoms with Gasteiger partial charge in [0.15, 0.2) is 0 Å². The van der Waals surface area contributed by atoms with Crippen LogP contribution in [0.1, 0.15) is 156 Å². The summed E-state index contributed by atoms with van der Waals surface area (Å²) in [5.41, 5.74) is 0. The Bertz CT molecular complexity index is 622. The maximum absolute atomic E-state index is 12.0. The van der Waals surface area contributed by atoms with Crippen LogP contribution in [0.25, 0.3) is 0 Å². The van der Waals surface area contributed by atoms with Gasteiger partial charge in [0.1, 0.15) is 17.8 Å². The van der Waals surface area contributed by atoms with Crippen LogP contribution in [0, 0.1) is 17.8 Å². The molecule has 0 aromatic carbocycles. The number of carbonyl (C=O) groups is 3. The van der Waals surface area contributed by atoms with Gasteiger partial charge in [-0.05, 0) is 32.1 Å². The van der Waals surface area contributed by atoms with Gasteiger partial charge in [-0.25, -0.2) is 0 Å². The maximum Gasteiger partial charge on any atom is 0.312 e. The van der Waals surface area contributed by atoms with Crippen molar-refractivity contribution in [3.8, 4) is 0 Å². The molecule has 0 aromatic rings. The summed E-state index contributed by atoms with van der Waals surface area (Å²) in [6.07, 6.45) is 23.1. The molecule has 0 aliphatic heterocycles. The lowest BCUT2D eigenvalue weighted by atomic mass is 9.95. The second kappa shape index (κ2) is 24.9. The predicted octanol–water partition coefficient (Wildman–Crippen LogP) is 8.79. The highest BCUT2D eigenvalue weighted by Crippen LogP contribution is 2.25. The molecular formula is C34H66NO6+. The molecule has 0 aliphatic carbocycles. The predicted molar refractivity (Wildman–Crippen MR) is 168 cm³/mol. The van der Waals surface area contributed by atoms with Crippen LogP contribution in [0.3, 0.4) is 0 Å². The molecule has 0 fully saturated rings. The molecular weight excluding hydrogens is 518 g/mol. The lowest BCUT2D eigenvalue weighted by Gasteiger charge is -2.43. The molecule has 0 saturated carbocycles. The van der Waals surface area contributed by atoms with Crippen LogP contribution >= 0.6 is 0 Å². The minimum atomic E-state index is -0.885. The van der Waals surface area contributed by atoms with Crippen LogP contribution in [0.5, 0.6) is 0 Å². The SMILES string of the molecule is CCCCCCCCCCCCCCCCCCC[N+](CC(CC)C(=O)O)(CC(CC)C(=O)O)CC(CC)C(=O)O. The molecule has 0 radical (unpaired) electrons. The minimum Gasteiger partial charge on any atom is -0.481 e. The zero-order valence-corrected chi connectivity index (χ0v) is 27.2. The molecule has 41 heavy (non-hydrogen) atoms. The lowest BCUT2D eigenvalue weighted by Crippen LogP contribution is -2.58. The molecule has 0 heterocycles. The second-order valence-electron chi connectivity index (χ2n) is 12.6. The summed E-state index contributed by atoms with van der Waals surface area (Å²) in [7, 11) is 0. The fourth-order valence-corrected chi connectivity index (χ4v) is 6.22.